The van der Waals surface area contributed by atoms with Crippen LogP contribution < -0.4 is 0 Å². The van der Waals surface area contributed by atoms with Gasteiger partial charge in [0, 0.05) is 43.7 Å². The summed E-state index contributed by atoms with van der Waals surface area (Å²) < 4.78 is 5.42. The van der Waals surface area contributed by atoms with Crippen molar-refractivity contribution in [2.24, 2.45) is 0 Å². The highest BCUT2D eigenvalue weighted by Gasteiger charge is 2.22. The highest BCUT2D eigenvalue weighted by molar-refractivity contribution is 5.94. The lowest BCUT2D eigenvalue weighted by atomic mass is 10.1. The Kier molecular flexibility index (Phi) is 6.47. The number of carbonyl (C=O) groups excluding carboxylic acids is 1. The number of piperazine rings is 1. The third kappa shape index (κ3) is 5.39. The van der Waals surface area contributed by atoms with Gasteiger partial charge in [0.05, 0.1) is 0 Å². The molecule has 0 bridgehead atoms. The minimum atomic E-state index is 0.140. The van der Waals surface area contributed by atoms with Gasteiger partial charge in [0.25, 0.3) is 5.91 Å². The predicted molar refractivity (Wildman–Crippen MR) is 121 cm³/mol. The molecule has 0 unspecified atom stereocenters. The number of hydrogen-bond acceptors (Lipinski definition) is 5. The summed E-state index contributed by atoms with van der Waals surface area (Å²) >= 11 is 0. The topological polar surface area (TPSA) is 62.5 Å². The van der Waals surface area contributed by atoms with E-state index in [4.69, 9.17) is 4.52 Å². The molecule has 2 aromatic carbocycles. The monoisotopic (exact) mass is 418 g/mol. The van der Waals surface area contributed by atoms with Gasteiger partial charge in [0.1, 0.15) is 0 Å². The lowest BCUT2D eigenvalue weighted by molar-refractivity contribution is 0.0635. The van der Waals surface area contributed by atoms with Gasteiger partial charge in [-0.3, -0.25) is 9.69 Å². The van der Waals surface area contributed by atoms with Crippen LogP contribution >= 0.6 is 0 Å². The minimum Gasteiger partial charge on any atom is -0.339 e. The SMILES string of the molecule is Cc1ccc(-c2noc(CCCN3CCN(C(=O)c4cc(C)cc(C)c4)CC3)n2)cc1. The third-order valence-electron chi connectivity index (χ3n) is 5.77. The van der Waals surface area contributed by atoms with E-state index in [1.165, 1.54) is 5.56 Å². The molecule has 1 fully saturated rings. The predicted octanol–water partition coefficient (Wildman–Crippen LogP) is 4.05. The molecule has 0 atom stereocenters. The normalized spacial score (nSPS) is 14.7. The molecule has 3 aromatic rings. The fourth-order valence-corrected chi connectivity index (χ4v) is 4.09. The zero-order chi connectivity index (χ0) is 21.8. The largest absolute Gasteiger partial charge is 0.339 e. The lowest BCUT2D eigenvalue weighted by Crippen LogP contribution is -2.48. The maximum absolute atomic E-state index is 12.8. The molecule has 1 aromatic heterocycles. The summed E-state index contributed by atoms with van der Waals surface area (Å²) in [7, 11) is 0. The number of aryl methyl sites for hydroxylation is 4. The van der Waals surface area contributed by atoms with Crippen molar-refractivity contribution >= 4 is 5.91 Å². The average Bonchev–Trinajstić information content (AvgIpc) is 3.22. The minimum absolute atomic E-state index is 0.140. The number of rotatable bonds is 6. The van der Waals surface area contributed by atoms with Crippen LogP contribution in [0.3, 0.4) is 0 Å². The Morgan fingerprint density at radius 2 is 1.61 bits per heavy atom. The van der Waals surface area contributed by atoms with Crippen molar-refractivity contribution in [1.82, 2.24) is 19.9 Å². The lowest BCUT2D eigenvalue weighted by Gasteiger charge is -2.34. The Morgan fingerprint density at radius 1 is 0.935 bits per heavy atom. The Labute approximate surface area is 183 Å². The van der Waals surface area contributed by atoms with E-state index in [1.54, 1.807) is 0 Å². The van der Waals surface area contributed by atoms with Crippen LogP contribution in [0.5, 0.6) is 0 Å². The fourth-order valence-electron chi connectivity index (χ4n) is 4.09. The van der Waals surface area contributed by atoms with Crippen LogP contribution in [0.15, 0.2) is 47.0 Å². The van der Waals surface area contributed by atoms with E-state index in [1.807, 2.05) is 43.0 Å². The van der Waals surface area contributed by atoms with Crippen molar-refractivity contribution in [2.45, 2.75) is 33.6 Å². The van der Waals surface area contributed by atoms with Crippen molar-refractivity contribution in [1.29, 1.82) is 0 Å². The first-order valence-corrected chi connectivity index (χ1v) is 11.0. The molecule has 0 radical (unpaired) electrons. The number of amides is 1. The van der Waals surface area contributed by atoms with Crippen molar-refractivity contribution in [3.8, 4) is 11.4 Å². The van der Waals surface area contributed by atoms with Crippen molar-refractivity contribution in [2.75, 3.05) is 32.7 Å². The Balaban J connectivity index is 1.23. The first-order chi connectivity index (χ1) is 15.0. The van der Waals surface area contributed by atoms with E-state index in [0.29, 0.717) is 11.7 Å². The second-order valence-corrected chi connectivity index (χ2v) is 8.49. The van der Waals surface area contributed by atoms with E-state index in [-0.39, 0.29) is 5.91 Å². The van der Waals surface area contributed by atoms with Crippen LogP contribution in [-0.2, 0) is 6.42 Å². The first-order valence-electron chi connectivity index (χ1n) is 11.0. The van der Waals surface area contributed by atoms with Gasteiger partial charge in [-0.1, -0.05) is 52.2 Å². The summed E-state index contributed by atoms with van der Waals surface area (Å²) in [5, 5.41) is 4.11. The van der Waals surface area contributed by atoms with E-state index >= 15 is 0 Å². The molecule has 6 nitrogen and oxygen atoms in total. The molecule has 2 heterocycles. The van der Waals surface area contributed by atoms with Crippen LogP contribution in [0.1, 0.15) is 39.4 Å². The number of nitrogens with zero attached hydrogens (tertiary/aromatic N) is 4. The zero-order valence-corrected chi connectivity index (χ0v) is 18.6. The Hall–Kier alpha value is -2.99. The summed E-state index contributed by atoms with van der Waals surface area (Å²) in [5.41, 5.74) is 5.25. The van der Waals surface area contributed by atoms with Gasteiger partial charge < -0.3 is 9.42 Å². The first kappa shape index (κ1) is 21.2. The second kappa shape index (κ2) is 9.43. The molecule has 0 N–H and O–H groups in total. The summed E-state index contributed by atoms with van der Waals surface area (Å²) in [6.45, 7) is 10.4. The molecule has 4 rings (SSSR count). The molecular weight excluding hydrogens is 388 g/mol. The second-order valence-electron chi connectivity index (χ2n) is 8.49. The summed E-state index contributed by atoms with van der Waals surface area (Å²) in [6.07, 6.45) is 1.72. The molecule has 6 heteroatoms. The van der Waals surface area contributed by atoms with Gasteiger partial charge in [0.2, 0.25) is 11.7 Å². The van der Waals surface area contributed by atoms with E-state index in [2.05, 4.69) is 40.2 Å². The Bertz CT molecular complexity index is 1010. The van der Waals surface area contributed by atoms with E-state index in [0.717, 1.165) is 67.8 Å². The molecule has 1 amide bonds. The number of aromatic nitrogens is 2. The highest BCUT2D eigenvalue weighted by Crippen LogP contribution is 2.17. The number of benzene rings is 2. The summed E-state index contributed by atoms with van der Waals surface area (Å²) in [6, 6.07) is 14.2. The van der Waals surface area contributed by atoms with Crippen LogP contribution in [-0.4, -0.2) is 58.6 Å². The van der Waals surface area contributed by atoms with Crippen LogP contribution in [0.4, 0.5) is 0 Å². The van der Waals surface area contributed by atoms with E-state index in [9.17, 15) is 4.79 Å². The molecule has 31 heavy (non-hydrogen) atoms. The fraction of sp³-hybridized carbons (Fsp3) is 0.400. The average molecular weight is 419 g/mol. The molecule has 0 saturated carbocycles. The van der Waals surface area contributed by atoms with Gasteiger partial charge >= 0.3 is 0 Å². The molecule has 1 aliphatic heterocycles. The van der Waals surface area contributed by atoms with Gasteiger partial charge in [-0.05, 0) is 45.9 Å². The summed E-state index contributed by atoms with van der Waals surface area (Å²) in [4.78, 5) is 21.7. The maximum atomic E-state index is 12.8. The van der Waals surface area contributed by atoms with Gasteiger partial charge in [0.15, 0.2) is 0 Å². The van der Waals surface area contributed by atoms with Crippen LogP contribution in [0, 0.1) is 20.8 Å². The van der Waals surface area contributed by atoms with Crippen LogP contribution in [0.25, 0.3) is 11.4 Å². The van der Waals surface area contributed by atoms with Gasteiger partial charge in [-0.15, -0.1) is 0 Å². The smallest absolute Gasteiger partial charge is 0.253 e. The molecule has 0 aliphatic carbocycles. The van der Waals surface area contributed by atoms with Crippen molar-refractivity contribution < 1.29 is 9.32 Å². The maximum Gasteiger partial charge on any atom is 0.253 e. The number of hydrogen-bond donors (Lipinski definition) is 0. The highest BCUT2D eigenvalue weighted by atomic mass is 16.5. The molecule has 1 saturated heterocycles. The quantitative estimate of drug-likeness (QED) is 0.604. The van der Waals surface area contributed by atoms with Gasteiger partial charge in [-0.2, -0.15) is 4.98 Å². The molecule has 0 spiro atoms. The van der Waals surface area contributed by atoms with E-state index < -0.39 is 0 Å². The van der Waals surface area contributed by atoms with Crippen molar-refractivity contribution in [3.63, 3.8) is 0 Å². The molecule has 162 valence electrons. The van der Waals surface area contributed by atoms with Crippen molar-refractivity contribution in [3.05, 3.63) is 70.6 Å². The number of carbonyl (C=O) groups is 1. The Morgan fingerprint density at radius 3 is 2.29 bits per heavy atom. The summed E-state index contributed by atoms with van der Waals surface area (Å²) in [5.74, 6) is 1.47. The molecular formula is C25H30N4O2. The molecule has 1 aliphatic rings. The van der Waals surface area contributed by atoms with Gasteiger partial charge in [-0.25, -0.2) is 0 Å². The standard InChI is InChI=1S/C25H30N4O2/c1-18-6-8-21(9-7-18)24-26-23(31-27-24)5-4-10-28-11-13-29(14-12-28)25(30)22-16-19(2)15-20(3)17-22/h6-9,15-17H,4-5,10-14H2,1-3H3. The zero-order valence-electron chi connectivity index (χ0n) is 18.6. The third-order valence-corrected chi connectivity index (χ3v) is 5.77. The van der Waals surface area contributed by atoms with Crippen LogP contribution in [0.2, 0.25) is 0 Å².